The van der Waals surface area contributed by atoms with E-state index in [9.17, 15) is 0 Å². The van der Waals surface area contributed by atoms with E-state index in [0.717, 1.165) is 38.5 Å². The Kier molecular flexibility index (Phi) is 11.2. The second-order valence-corrected chi connectivity index (χ2v) is 4.18. The van der Waals surface area contributed by atoms with E-state index in [-0.39, 0.29) is 0 Å². The second-order valence-electron chi connectivity index (χ2n) is 4.18. The Hall–Kier alpha value is -0.770. The highest BCUT2D eigenvalue weighted by Gasteiger charge is 2.01. The fraction of sp³-hybridized carbons (Fsp3) is 0.923. The van der Waals surface area contributed by atoms with Gasteiger partial charge in [0, 0.05) is 19.2 Å². The lowest BCUT2D eigenvalue weighted by Gasteiger charge is -2.16. The molecule has 0 heterocycles. The second kappa shape index (κ2) is 11.7. The Morgan fingerprint density at radius 3 is 2.59 bits per heavy atom. The average molecular weight is 243 g/mol. The molecular weight excluding hydrogens is 214 g/mol. The summed E-state index contributed by atoms with van der Waals surface area (Å²) in [4.78, 5) is 4.47. The van der Waals surface area contributed by atoms with Crippen LogP contribution in [0.1, 0.15) is 47.0 Å². The van der Waals surface area contributed by atoms with Crippen LogP contribution in [0.3, 0.4) is 0 Å². The van der Waals surface area contributed by atoms with Gasteiger partial charge in [0.2, 0.25) is 0 Å². The molecule has 4 nitrogen and oxygen atoms in total. The highest BCUT2D eigenvalue weighted by molar-refractivity contribution is 5.79. The minimum absolute atomic E-state index is 0.453. The van der Waals surface area contributed by atoms with Crippen molar-refractivity contribution in [3.8, 4) is 0 Å². The summed E-state index contributed by atoms with van der Waals surface area (Å²) in [5.74, 6) is 0.890. The minimum Gasteiger partial charge on any atom is -0.380 e. The van der Waals surface area contributed by atoms with E-state index in [1.807, 2.05) is 0 Å². The molecule has 1 unspecified atom stereocenters. The molecule has 0 aliphatic rings. The summed E-state index contributed by atoms with van der Waals surface area (Å²) in [6.07, 6.45) is 3.41. The summed E-state index contributed by atoms with van der Waals surface area (Å²) < 4.78 is 5.47. The van der Waals surface area contributed by atoms with Crippen molar-refractivity contribution < 1.29 is 4.74 Å². The van der Waals surface area contributed by atoms with Crippen molar-refractivity contribution in [2.45, 2.75) is 53.0 Å². The van der Waals surface area contributed by atoms with Gasteiger partial charge in [-0.2, -0.15) is 0 Å². The van der Waals surface area contributed by atoms with E-state index in [4.69, 9.17) is 4.74 Å². The number of nitrogens with one attached hydrogen (secondary N) is 2. The van der Waals surface area contributed by atoms with Gasteiger partial charge in [0.05, 0.1) is 13.2 Å². The van der Waals surface area contributed by atoms with Gasteiger partial charge in [-0.1, -0.05) is 20.3 Å². The molecule has 0 saturated heterocycles. The Balaban J connectivity index is 3.78. The zero-order valence-electron chi connectivity index (χ0n) is 11.9. The van der Waals surface area contributed by atoms with Gasteiger partial charge < -0.3 is 15.4 Å². The molecule has 0 aromatic rings. The molecule has 0 radical (unpaired) electrons. The maximum atomic E-state index is 5.47. The molecule has 0 bridgehead atoms. The first-order valence-corrected chi connectivity index (χ1v) is 6.87. The van der Waals surface area contributed by atoms with Crippen LogP contribution in [0, 0.1) is 0 Å². The standard InChI is InChI=1S/C13H29N3O/c1-5-8-10-17-11-9-15-13(14-7-3)16-12(4)6-2/h12H,5-11H2,1-4H3,(H2,14,15,16). The summed E-state index contributed by atoms with van der Waals surface area (Å²) in [5.41, 5.74) is 0. The molecule has 0 aromatic carbocycles. The fourth-order valence-corrected chi connectivity index (χ4v) is 1.23. The van der Waals surface area contributed by atoms with E-state index in [2.05, 4.69) is 43.3 Å². The van der Waals surface area contributed by atoms with Crippen LogP contribution >= 0.6 is 0 Å². The number of unbranched alkanes of at least 4 members (excludes halogenated alkanes) is 1. The third-order valence-corrected chi connectivity index (χ3v) is 2.49. The molecule has 17 heavy (non-hydrogen) atoms. The van der Waals surface area contributed by atoms with Crippen LogP contribution in [0.15, 0.2) is 4.99 Å². The number of hydrogen-bond donors (Lipinski definition) is 2. The van der Waals surface area contributed by atoms with Crippen LogP contribution < -0.4 is 10.6 Å². The summed E-state index contributed by atoms with van der Waals surface area (Å²) in [7, 11) is 0. The Morgan fingerprint density at radius 1 is 1.24 bits per heavy atom. The summed E-state index contributed by atoms with van der Waals surface area (Å²) >= 11 is 0. The number of nitrogens with zero attached hydrogens (tertiary/aromatic N) is 1. The normalized spacial score (nSPS) is 13.5. The molecule has 0 rings (SSSR count). The maximum Gasteiger partial charge on any atom is 0.191 e. The first kappa shape index (κ1) is 16.2. The lowest BCUT2D eigenvalue weighted by atomic mass is 10.3. The lowest BCUT2D eigenvalue weighted by Crippen LogP contribution is -2.42. The SMILES string of the molecule is CCCCOCCN=C(NCC)NC(C)CC. The van der Waals surface area contributed by atoms with Crippen molar-refractivity contribution in [2.24, 2.45) is 4.99 Å². The first-order valence-electron chi connectivity index (χ1n) is 6.87. The van der Waals surface area contributed by atoms with Crippen molar-refractivity contribution in [3.63, 3.8) is 0 Å². The first-order chi connectivity index (χ1) is 8.24. The third kappa shape index (κ3) is 10.1. The van der Waals surface area contributed by atoms with E-state index < -0.39 is 0 Å². The highest BCUT2D eigenvalue weighted by atomic mass is 16.5. The van der Waals surface area contributed by atoms with E-state index in [0.29, 0.717) is 12.6 Å². The van der Waals surface area contributed by atoms with Crippen LogP contribution in [-0.4, -0.2) is 38.3 Å². The van der Waals surface area contributed by atoms with Crippen LogP contribution in [-0.2, 0) is 4.74 Å². The Labute approximate surface area is 106 Å². The van der Waals surface area contributed by atoms with Gasteiger partial charge in [0.15, 0.2) is 5.96 Å². The van der Waals surface area contributed by atoms with Gasteiger partial charge >= 0.3 is 0 Å². The van der Waals surface area contributed by atoms with Crippen LogP contribution in [0.5, 0.6) is 0 Å². The molecule has 2 N–H and O–H groups in total. The van der Waals surface area contributed by atoms with Gasteiger partial charge in [0.1, 0.15) is 0 Å². The van der Waals surface area contributed by atoms with Gasteiger partial charge in [-0.25, -0.2) is 0 Å². The molecule has 0 aliphatic carbocycles. The largest absolute Gasteiger partial charge is 0.380 e. The number of aliphatic imine (C=N–C) groups is 1. The average Bonchev–Trinajstić information content (AvgIpc) is 2.33. The van der Waals surface area contributed by atoms with Crippen LogP contribution in [0.25, 0.3) is 0 Å². The number of rotatable bonds is 9. The van der Waals surface area contributed by atoms with Crippen molar-refractivity contribution in [1.29, 1.82) is 0 Å². The smallest absolute Gasteiger partial charge is 0.191 e. The van der Waals surface area contributed by atoms with Gasteiger partial charge in [-0.05, 0) is 26.7 Å². The highest BCUT2D eigenvalue weighted by Crippen LogP contribution is 1.89. The summed E-state index contributed by atoms with van der Waals surface area (Å²) in [6.45, 7) is 11.7. The molecule has 0 spiro atoms. The zero-order chi connectivity index (χ0) is 12.9. The van der Waals surface area contributed by atoms with Gasteiger partial charge in [-0.3, -0.25) is 4.99 Å². The number of ether oxygens (including phenoxy) is 1. The third-order valence-electron chi connectivity index (χ3n) is 2.49. The molecule has 0 amide bonds. The Bertz CT molecular complexity index is 195. The molecule has 0 fully saturated rings. The van der Waals surface area contributed by atoms with Gasteiger partial charge in [0.25, 0.3) is 0 Å². The van der Waals surface area contributed by atoms with E-state index >= 15 is 0 Å². The maximum absolute atomic E-state index is 5.47. The molecule has 1 atom stereocenters. The van der Waals surface area contributed by atoms with Crippen LogP contribution in [0.2, 0.25) is 0 Å². The van der Waals surface area contributed by atoms with E-state index in [1.165, 1.54) is 6.42 Å². The van der Waals surface area contributed by atoms with E-state index in [1.54, 1.807) is 0 Å². The minimum atomic E-state index is 0.453. The molecule has 0 aliphatic heterocycles. The summed E-state index contributed by atoms with van der Waals surface area (Å²) in [6, 6.07) is 0.453. The Morgan fingerprint density at radius 2 is 2.00 bits per heavy atom. The zero-order valence-corrected chi connectivity index (χ0v) is 11.9. The molecular formula is C13H29N3O. The fourth-order valence-electron chi connectivity index (χ4n) is 1.23. The molecule has 102 valence electrons. The lowest BCUT2D eigenvalue weighted by molar-refractivity contribution is 0.139. The number of hydrogen-bond acceptors (Lipinski definition) is 2. The summed E-state index contributed by atoms with van der Waals surface area (Å²) in [5, 5.41) is 6.59. The monoisotopic (exact) mass is 243 g/mol. The van der Waals surface area contributed by atoms with Crippen molar-refractivity contribution in [2.75, 3.05) is 26.3 Å². The van der Waals surface area contributed by atoms with Gasteiger partial charge in [-0.15, -0.1) is 0 Å². The molecule has 0 saturated carbocycles. The predicted molar refractivity (Wildman–Crippen MR) is 74.6 cm³/mol. The molecule has 4 heteroatoms. The quantitative estimate of drug-likeness (QED) is 0.370. The number of guanidine groups is 1. The molecule has 0 aromatic heterocycles. The topological polar surface area (TPSA) is 45.6 Å². The van der Waals surface area contributed by atoms with Crippen molar-refractivity contribution in [1.82, 2.24) is 10.6 Å². The van der Waals surface area contributed by atoms with Crippen molar-refractivity contribution in [3.05, 3.63) is 0 Å². The van der Waals surface area contributed by atoms with Crippen molar-refractivity contribution >= 4 is 5.96 Å². The predicted octanol–water partition coefficient (Wildman–Crippen LogP) is 2.16. The van der Waals surface area contributed by atoms with Crippen LogP contribution in [0.4, 0.5) is 0 Å².